The Labute approximate surface area is 235 Å². The van der Waals surface area contributed by atoms with Crippen LogP contribution in [0.3, 0.4) is 0 Å². The number of aliphatic hydroxyl groups is 1. The number of nitrogens with one attached hydrogen (secondary N) is 1. The van der Waals surface area contributed by atoms with Crippen molar-refractivity contribution in [2.24, 2.45) is 5.92 Å². The summed E-state index contributed by atoms with van der Waals surface area (Å²) in [6.07, 6.45) is 3.84. The van der Waals surface area contributed by atoms with Crippen molar-refractivity contribution < 1.29 is 43.2 Å². The summed E-state index contributed by atoms with van der Waals surface area (Å²) in [7, 11) is 1.34. The van der Waals surface area contributed by atoms with Gasteiger partial charge in [-0.1, -0.05) is 12.1 Å². The minimum atomic E-state index is -0.683. The van der Waals surface area contributed by atoms with E-state index in [4.69, 9.17) is 28.8 Å². The number of carbonyl (C=O) groups excluding carboxylic acids is 3. The Balaban J connectivity index is 1.71. The highest BCUT2D eigenvalue weighted by molar-refractivity contribution is 5.92. The number of methoxy groups -OCH3 is 1. The van der Waals surface area contributed by atoms with Crippen LogP contribution in [0.2, 0.25) is 0 Å². The fourth-order valence-corrected chi connectivity index (χ4v) is 4.88. The molecule has 222 valence electrons. The number of aliphatic hydroxyl groups excluding tert-OH is 1. The van der Waals surface area contributed by atoms with Crippen molar-refractivity contribution in [3.8, 4) is 0 Å². The van der Waals surface area contributed by atoms with E-state index in [2.05, 4.69) is 5.32 Å². The lowest BCUT2D eigenvalue weighted by Crippen LogP contribution is -2.40. The second kappa shape index (κ2) is 17.0. The number of esters is 1. The number of nitrogens with zero attached hydrogens (tertiary/aromatic N) is 1. The lowest BCUT2D eigenvalue weighted by molar-refractivity contribution is -0.168. The Kier molecular flexibility index (Phi) is 13.4. The van der Waals surface area contributed by atoms with Crippen molar-refractivity contribution in [2.75, 3.05) is 66.4 Å². The van der Waals surface area contributed by atoms with Crippen LogP contribution in [0.25, 0.3) is 0 Å². The fourth-order valence-electron chi connectivity index (χ4n) is 4.88. The molecule has 40 heavy (non-hydrogen) atoms. The van der Waals surface area contributed by atoms with Crippen molar-refractivity contribution in [2.45, 2.75) is 44.8 Å². The molecular weight excluding hydrogens is 520 g/mol. The van der Waals surface area contributed by atoms with Gasteiger partial charge in [-0.15, -0.1) is 0 Å². The second-order valence-corrected chi connectivity index (χ2v) is 9.61. The van der Waals surface area contributed by atoms with Crippen molar-refractivity contribution in [3.63, 3.8) is 0 Å². The molecule has 3 rings (SSSR count). The molecule has 2 heterocycles. The zero-order valence-corrected chi connectivity index (χ0v) is 23.5. The summed E-state index contributed by atoms with van der Waals surface area (Å²) in [5, 5.41) is 11.7. The molecule has 1 aromatic rings. The van der Waals surface area contributed by atoms with E-state index in [1.165, 1.54) is 7.11 Å². The van der Waals surface area contributed by atoms with Gasteiger partial charge in [-0.2, -0.15) is 0 Å². The van der Waals surface area contributed by atoms with Crippen LogP contribution in [-0.2, 0) is 33.3 Å². The largest absolute Gasteiger partial charge is 0.465 e. The minimum absolute atomic E-state index is 0.0355. The maximum Gasteiger partial charge on any atom is 0.337 e. The van der Waals surface area contributed by atoms with E-state index < -0.39 is 12.3 Å². The number of benzene rings is 1. The molecule has 2 aliphatic heterocycles. The molecule has 0 bridgehead atoms. The van der Waals surface area contributed by atoms with Crippen LogP contribution < -0.4 is 5.32 Å². The predicted molar refractivity (Wildman–Crippen MR) is 145 cm³/mol. The third-order valence-corrected chi connectivity index (χ3v) is 6.92. The lowest BCUT2D eigenvalue weighted by atomic mass is 9.81. The quantitative estimate of drug-likeness (QED) is 0.216. The number of allylic oxidation sites excluding steroid dienone is 1. The van der Waals surface area contributed by atoms with Crippen LogP contribution in [0.15, 0.2) is 36.1 Å². The zero-order valence-electron chi connectivity index (χ0n) is 23.5. The summed E-state index contributed by atoms with van der Waals surface area (Å²) >= 11 is 0. The molecule has 0 aliphatic carbocycles. The van der Waals surface area contributed by atoms with E-state index in [1.807, 2.05) is 24.0 Å². The summed E-state index contributed by atoms with van der Waals surface area (Å²) in [5.74, 6) is -0.839. The van der Waals surface area contributed by atoms with E-state index in [0.717, 1.165) is 18.5 Å². The standard InChI is InChI=1S/C29H42N2O9/c1-3-39-29-23(11-16-37-18-19-38-17-15-32)24(21-7-9-22(10-8-21)28(35)36-2)20-25(40-29)27(34)30-12-5-14-31-13-4-6-26(31)33/h7-10,20,23-24,29,32H,3-6,11-19H2,1-2H3,(H,30,34)/t23-,24+,29+/m0/s1. The van der Waals surface area contributed by atoms with Gasteiger partial charge in [-0.05, 0) is 50.0 Å². The van der Waals surface area contributed by atoms with E-state index in [-0.39, 0.29) is 42.6 Å². The summed E-state index contributed by atoms with van der Waals surface area (Å²) in [5.41, 5.74) is 1.33. The lowest BCUT2D eigenvalue weighted by Gasteiger charge is -2.37. The highest BCUT2D eigenvalue weighted by Gasteiger charge is 2.38. The number of hydrogen-bond acceptors (Lipinski definition) is 9. The van der Waals surface area contributed by atoms with Crippen molar-refractivity contribution in [1.82, 2.24) is 10.2 Å². The van der Waals surface area contributed by atoms with E-state index >= 15 is 0 Å². The molecule has 3 atom stereocenters. The molecule has 0 spiro atoms. The first-order valence-electron chi connectivity index (χ1n) is 14.0. The SMILES string of the molecule is CCO[C@@H]1OC(C(=O)NCCCN2CCCC2=O)=C[C@H](c2ccc(C(=O)OC)cc2)[C@@H]1CCOCCOCCO. The maximum absolute atomic E-state index is 13.1. The van der Waals surface area contributed by atoms with Gasteiger partial charge in [-0.25, -0.2) is 4.79 Å². The molecule has 2 N–H and O–H groups in total. The monoisotopic (exact) mass is 562 g/mol. The van der Waals surface area contributed by atoms with Crippen LogP contribution in [0.5, 0.6) is 0 Å². The van der Waals surface area contributed by atoms with Crippen LogP contribution in [0.4, 0.5) is 0 Å². The fraction of sp³-hybridized carbons (Fsp3) is 0.621. The van der Waals surface area contributed by atoms with Crippen molar-refractivity contribution in [3.05, 3.63) is 47.2 Å². The van der Waals surface area contributed by atoms with Gasteiger partial charge in [0.15, 0.2) is 5.76 Å². The van der Waals surface area contributed by atoms with E-state index in [1.54, 1.807) is 18.2 Å². The first-order valence-corrected chi connectivity index (χ1v) is 14.0. The van der Waals surface area contributed by atoms with Gasteiger partial charge in [0.2, 0.25) is 12.2 Å². The molecule has 2 aliphatic rings. The van der Waals surface area contributed by atoms with E-state index in [9.17, 15) is 14.4 Å². The summed E-state index contributed by atoms with van der Waals surface area (Å²) in [6, 6.07) is 7.10. The number of ether oxygens (including phenoxy) is 5. The summed E-state index contributed by atoms with van der Waals surface area (Å²) in [4.78, 5) is 38.7. The number of amides is 2. The molecule has 0 radical (unpaired) electrons. The summed E-state index contributed by atoms with van der Waals surface area (Å²) in [6.45, 7) is 5.48. The predicted octanol–water partition coefficient (Wildman–Crippen LogP) is 1.99. The van der Waals surface area contributed by atoms with Gasteiger partial charge in [0.25, 0.3) is 5.91 Å². The normalized spacial score (nSPS) is 20.7. The molecule has 0 aromatic heterocycles. The average molecular weight is 563 g/mol. The topological polar surface area (TPSA) is 133 Å². The first-order chi connectivity index (χ1) is 19.5. The Hall–Kier alpha value is -2.99. The van der Waals surface area contributed by atoms with Crippen molar-refractivity contribution in [1.29, 1.82) is 0 Å². The Morgan fingerprint density at radius 1 is 1.12 bits per heavy atom. The van der Waals surface area contributed by atoms with Crippen LogP contribution in [0, 0.1) is 5.92 Å². The Morgan fingerprint density at radius 2 is 1.88 bits per heavy atom. The highest BCUT2D eigenvalue weighted by Crippen LogP contribution is 2.39. The molecule has 0 unspecified atom stereocenters. The van der Waals surface area contributed by atoms with E-state index in [0.29, 0.717) is 64.3 Å². The smallest absolute Gasteiger partial charge is 0.337 e. The zero-order chi connectivity index (χ0) is 28.7. The molecule has 11 nitrogen and oxygen atoms in total. The van der Waals surface area contributed by atoms with Crippen molar-refractivity contribution >= 4 is 17.8 Å². The van der Waals surface area contributed by atoms with Crippen LogP contribution >= 0.6 is 0 Å². The van der Waals surface area contributed by atoms with Gasteiger partial charge in [0.05, 0.1) is 39.1 Å². The number of likely N-dealkylation sites (tertiary alicyclic amines) is 1. The Bertz CT molecular complexity index is 982. The number of rotatable bonds is 17. The molecular formula is C29H42N2O9. The molecule has 0 saturated carbocycles. The third-order valence-electron chi connectivity index (χ3n) is 6.92. The summed E-state index contributed by atoms with van der Waals surface area (Å²) < 4.78 is 27.8. The number of hydrogen-bond donors (Lipinski definition) is 2. The second-order valence-electron chi connectivity index (χ2n) is 9.61. The van der Waals surface area contributed by atoms with Gasteiger partial charge in [-0.3, -0.25) is 9.59 Å². The molecule has 1 aromatic carbocycles. The van der Waals surface area contributed by atoms with Gasteiger partial charge < -0.3 is 39.0 Å². The van der Waals surface area contributed by atoms with Gasteiger partial charge in [0.1, 0.15) is 0 Å². The third kappa shape index (κ3) is 9.29. The molecule has 2 amide bonds. The highest BCUT2D eigenvalue weighted by atomic mass is 16.7. The Morgan fingerprint density at radius 3 is 2.52 bits per heavy atom. The molecule has 11 heteroatoms. The number of carbonyl (C=O) groups is 3. The minimum Gasteiger partial charge on any atom is -0.465 e. The van der Waals surface area contributed by atoms with Gasteiger partial charge in [0, 0.05) is 51.1 Å². The van der Waals surface area contributed by atoms with Crippen LogP contribution in [-0.4, -0.2) is 100 Å². The first kappa shape index (κ1) is 31.5. The van der Waals surface area contributed by atoms with Crippen LogP contribution in [0.1, 0.15) is 54.4 Å². The molecule has 1 fully saturated rings. The average Bonchev–Trinajstić information content (AvgIpc) is 3.39. The molecule has 1 saturated heterocycles. The maximum atomic E-state index is 13.1. The van der Waals surface area contributed by atoms with Gasteiger partial charge >= 0.3 is 5.97 Å².